The molecule has 2 aromatic rings. The Balaban J connectivity index is 1.62. The van der Waals surface area contributed by atoms with Gasteiger partial charge in [-0.2, -0.15) is 13.2 Å². The maximum atomic E-state index is 12.6. The Morgan fingerprint density at radius 1 is 1.15 bits per heavy atom. The van der Waals surface area contributed by atoms with Gasteiger partial charge in [-0.05, 0) is 55.8 Å². The van der Waals surface area contributed by atoms with Gasteiger partial charge in [0.05, 0.1) is 5.56 Å². The third kappa shape index (κ3) is 4.07. The van der Waals surface area contributed by atoms with Crippen molar-refractivity contribution in [2.45, 2.75) is 32.1 Å². The van der Waals surface area contributed by atoms with Crippen LogP contribution in [-0.2, 0) is 19.1 Å². The van der Waals surface area contributed by atoms with Crippen molar-refractivity contribution < 1.29 is 18.0 Å². The molecule has 1 N–H and O–H groups in total. The molecule has 0 bridgehead atoms. The number of fused-ring (bicyclic) bond motifs is 1. The summed E-state index contributed by atoms with van der Waals surface area (Å²) in [4.78, 5) is 14.4. The molecule has 26 heavy (non-hydrogen) atoms. The lowest BCUT2D eigenvalue weighted by molar-refractivity contribution is -0.137. The van der Waals surface area contributed by atoms with Crippen LogP contribution in [0.15, 0.2) is 42.5 Å². The highest BCUT2D eigenvalue weighted by atomic mass is 19.4. The normalized spacial score (nSPS) is 17.7. The lowest BCUT2D eigenvalue weighted by Crippen LogP contribution is -2.45. The quantitative estimate of drug-likeness (QED) is 0.901. The molecule has 2 aromatic carbocycles. The van der Waals surface area contributed by atoms with Crippen LogP contribution in [0.25, 0.3) is 0 Å². The van der Waals surface area contributed by atoms with Gasteiger partial charge in [-0.25, -0.2) is 0 Å². The first-order chi connectivity index (χ1) is 12.2. The summed E-state index contributed by atoms with van der Waals surface area (Å²) >= 11 is 0. The SMILES string of the molecule is Cc1ccc2c(c1)CN(C)[C@H](CNC(=O)c1ccc(C(F)(F)F)cc1)C2. The first-order valence-corrected chi connectivity index (χ1v) is 8.48. The molecule has 0 saturated heterocycles. The molecule has 0 saturated carbocycles. The van der Waals surface area contributed by atoms with E-state index in [2.05, 4.69) is 35.3 Å². The highest BCUT2D eigenvalue weighted by Gasteiger charge is 2.30. The van der Waals surface area contributed by atoms with Crippen LogP contribution in [0.2, 0.25) is 0 Å². The first-order valence-electron chi connectivity index (χ1n) is 8.48. The van der Waals surface area contributed by atoms with Crippen LogP contribution in [-0.4, -0.2) is 30.4 Å². The summed E-state index contributed by atoms with van der Waals surface area (Å²) in [5, 5.41) is 2.84. The predicted molar refractivity (Wildman–Crippen MR) is 93.9 cm³/mol. The van der Waals surface area contributed by atoms with Crippen LogP contribution in [0.5, 0.6) is 0 Å². The van der Waals surface area contributed by atoms with Gasteiger partial charge >= 0.3 is 6.18 Å². The van der Waals surface area contributed by atoms with Gasteiger partial charge in [-0.3, -0.25) is 9.69 Å². The molecular formula is C20H21F3N2O. The molecule has 0 unspecified atom stereocenters. The number of likely N-dealkylation sites (N-methyl/N-ethyl adjacent to an activating group) is 1. The van der Waals surface area contributed by atoms with Crippen LogP contribution in [0, 0.1) is 6.92 Å². The van der Waals surface area contributed by atoms with Gasteiger partial charge < -0.3 is 5.32 Å². The zero-order chi connectivity index (χ0) is 18.9. The maximum absolute atomic E-state index is 12.6. The van der Waals surface area contributed by atoms with Gasteiger partial charge in [0.2, 0.25) is 0 Å². The summed E-state index contributed by atoms with van der Waals surface area (Å²) in [6.45, 7) is 3.33. The number of aryl methyl sites for hydroxylation is 1. The van der Waals surface area contributed by atoms with E-state index in [1.54, 1.807) is 0 Å². The van der Waals surface area contributed by atoms with E-state index < -0.39 is 11.7 Å². The molecule has 1 aliphatic rings. The van der Waals surface area contributed by atoms with Gasteiger partial charge in [-0.15, -0.1) is 0 Å². The summed E-state index contributed by atoms with van der Waals surface area (Å²) in [6, 6.07) is 10.8. The number of amides is 1. The molecular weight excluding hydrogens is 341 g/mol. The van der Waals surface area contributed by atoms with Gasteiger partial charge in [0.15, 0.2) is 0 Å². The van der Waals surface area contributed by atoms with E-state index in [-0.39, 0.29) is 17.5 Å². The smallest absolute Gasteiger partial charge is 0.350 e. The zero-order valence-electron chi connectivity index (χ0n) is 14.7. The molecule has 138 valence electrons. The number of carbonyl (C=O) groups is 1. The van der Waals surface area contributed by atoms with Gasteiger partial charge in [0.1, 0.15) is 0 Å². The van der Waals surface area contributed by atoms with Crippen molar-refractivity contribution in [3.05, 3.63) is 70.3 Å². The van der Waals surface area contributed by atoms with Crippen molar-refractivity contribution in [1.29, 1.82) is 0 Å². The van der Waals surface area contributed by atoms with Crippen LogP contribution in [0.3, 0.4) is 0 Å². The zero-order valence-corrected chi connectivity index (χ0v) is 14.7. The minimum absolute atomic E-state index is 0.156. The second kappa shape index (κ2) is 7.11. The van der Waals surface area contributed by atoms with E-state index in [1.807, 2.05) is 7.05 Å². The number of alkyl halides is 3. The Kier molecular flexibility index (Phi) is 5.05. The van der Waals surface area contributed by atoms with Crippen molar-refractivity contribution in [1.82, 2.24) is 10.2 Å². The van der Waals surface area contributed by atoms with Crippen LogP contribution in [0.1, 0.15) is 32.6 Å². The fraction of sp³-hybridized carbons (Fsp3) is 0.350. The topological polar surface area (TPSA) is 32.3 Å². The molecule has 3 nitrogen and oxygen atoms in total. The summed E-state index contributed by atoms with van der Waals surface area (Å²) in [7, 11) is 2.01. The van der Waals surface area contributed by atoms with Gasteiger partial charge in [0, 0.05) is 24.7 Å². The lowest BCUT2D eigenvalue weighted by atomic mass is 9.93. The number of nitrogens with one attached hydrogen (secondary N) is 1. The average molecular weight is 362 g/mol. The van der Waals surface area contributed by atoms with Crippen molar-refractivity contribution in [3.63, 3.8) is 0 Å². The third-order valence-electron chi connectivity index (χ3n) is 4.83. The van der Waals surface area contributed by atoms with E-state index in [0.29, 0.717) is 6.54 Å². The molecule has 1 heterocycles. The van der Waals surface area contributed by atoms with E-state index in [0.717, 1.165) is 25.1 Å². The van der Waals surface area contributed by atoms with Gasteiger partial charge in [-0.1, -0.05) is 23.8 Å². The summed E-state index contributed by atoms with van der Waals surface area (Å²) in [5.41, 5.74) is 3.28. The largest absolute Gasteiger partial charge is 0.416 e. The number of carbonyl (C=O) groups excluding carboxylic acids is 1. The highest BCUT2D eigenvalue weighted by molar-refractivity contribution is 5.94. The maximum Gasteiger partial charge on any atom is 0.416 e. The van der Waals surface area contributed by atoms with E-state index in [1.165, 1.54) is 28.8 Å². The minimum atomic E-state index is -4.40. The molecule has 0 radical (unpaired) electrons. The molecule has 0 spiro atoms. The molecule has 0 aromatic heterocycles. The summed E-state index contributed by atoms with van der Waals surface area (Å²) < 4.78 is 37.8. The number of rotatable bonds is 3. The van der Waals surface area contributed by atoms with Crippen LogP contribution in [0.4, 0.5) is 13.2 Å². The number of hydrogen-bond donors (Lipinski definition) is 1. The van der Waals surface area contributed by atoms with Crippen molar-refractivity contribution in [2.24, 2.45) is 0 Å². The average Bonchev–Trinajstić information content (AvgIpc) is 2.59. The Morgan fingerprint density at radius 3 is 2.50 bits per heavy atom. The minimum Gasteiger partial charge on any atom is -0.350 e. The molecule has 1 aliphatic heterocycles. The van der Waals surface area contributed by atoms with Crippen LogP contribution >= 0.6 is 0 Å². The number of nitrogens with zero attached hydrogens (tertiary/aromatic N) is 1. The van der Waals surface area contributed by atoms with Crippen molar-refractivity contribution in [3.8, 4) is 0 Å². The molecule has 1 amide bonds. The fourth-order valence-corrected chi connectivity index (χ4v) is 3.26. The Morgan fingerprint density at radius 2 is 1.85 bits per heavy atom. The highest BCUT2D eigenvalue weighted by Crippen LogP contribution is 2.29. The fourth-order valence-electron chi connectivity index (χ4n) is 3.26. The van der Waals surface area contributed by atoms with E-state index in [9.17, 15) is 18.0 Å². The van der Waals surface area contributed by atoms with E-state index in [4.69, 9.17) is 0 Å². The number of halogens is 3. The third-order valence-corrected chi connectivity index (χ3v) is 4.83. The second-order valence-electron chi connectivity index (χ2n) is 6.83. The molecule has 6 heteroatoms. The lowest BCUT2D eigenvalue weighted by Gasteiger charge is -2.34. The predicted octanol–water partition coefficient (Wildman–Crippen LogP) is 3.80. The molecule has 1 atom stereocenters. The molecule has 0 aliphatic carbocycles. The summed E-state index contributed by atoms with van der Waals surface area (Å²) in [5.74, 6) is -0.359. The van der Waals surface area contributed by atoms with E-state index >= 15 is 0 Å². The standard InChI is InChI=1S/C20H21F3N2O/c1-13-3-4-15-10-18(25(2)12-16(15)9-13)11-24-19(26)14-5-7-17(8-6-14)20(21,22)23/h3-9,18H,10-12H2,1-2H3,(H,24,26)/t18-/m0/s1. The Labute approximate surface area is 150 Å². The second-order valence-corrected chi connectivity index (χ2v) is 6.83. The first kappa shape index (κ1) is 18.5. The Bertz CT molecular complexity index is 800. The number of hydrogen-bond acceptors (Lipinski definition) is 2. The monoisotopic (exact) mass is 362 g/mol. The Hall–Kier alpha value is -2.34. The molecule has 3 rings (SSSR count). The van der Waals surface area contributed by atoms with Gasteiger partial charge in [0.25, 0.3) is 5.91 Å². The number of benzene rings is 2. The summed E-state index contributed by atoms with van der Waals surface area (Å²) in [6.07, 6.45) is -3.56. The van der Waals surface area contributed by atoms with Crippen LogP contribution < -0.4 is 5.32 Å². The van der Waals surface area contributed by atoms with Crippen molar-refractivity contribution >= 4 is 5.91 Å². The van der Waals surface area contributed by atoms with Crippen molar-refractivity contribution in [2.75, 3.05) is 13.6 Å². The molecule has 0 fully saturated rings.